The molecule has 1 aromatic carbocycles. The fraction of sp³-hybridized carbons (Fsp3) is 0.357. The van der Waals surface area contributed by atoms with E-state index in [1.807, 2.05) is 0 Å². The summed E-state index contributed by atoms with van der Waals surface area (Å²) in [6, 6.07) is 2.30. The normalized spacial score (nSPS) is 17.0. The van der Waals surface area contributed by atoms with Crippen molar-refractivity contribution in [3.63, 3.8) is 0 Å². The van der Waals surface area contributed by atoms with Crippen LogP contribution >= 0.6 is 11.6 Å². The van der Waals surface area contributed by atoms with Crippen molar-refractivity contribution in [1.82, 2.24) is 10.2 Å². The van der Waals surface area contributed by atoms with Crippen LogP contribution in [0.2, 0.25) is 5.02 Å². The maximum Gasteiger partial charge on any atom is 0.339 e. The molecule has 1 fully saturated rings. The number of fused-ring (bicyclic) bond motifs is 1. The number of esters is 1. The van der Waals surface area contributed by atoms with Crippen LogP contribution in [-0.4, -0.2) is 48.8 Å². The van der Waals surface area contributed by atoms with Gasteiger partial charge in [-0.1, -0.05) is 11.6 Å². The second-order valence-corrected chi connectivity index (χ2v) is 5.37. The van der Waals surface area contributed by atoms with E-state index < -0.39 is 24.0 Å². The summed E-state index contributed by atoms with van der Waals surface area (Å²) < 4.78 is 15.4. The summed E-state index contributed by atoms with van der Waals surface area (Å²) in [7, 11) is 0. The quantitative estimate of drug-likeness (QED) is 0.830. The monoisotopic (exact) mass is 340 g/mol. The van der Waals surface area contributed by atoms with Crippen LogP contribution in [0.4, 0.5) is 4.79 Å². The molecule has 0 radical (unpaired) electrons. The van der Waals surface area contributed by atoms with Gasteiger partial charge in [0, 0.05) is 13.1 Å². The van der Waals surface area contributed by atoms with E-state index in [-0.39, 0.29) is 23.9 Å². The van der Waals surface area contributed by atoms with Crippen LogP contribution in [0.1, 0.15) is 17.3 Å². The topological polar surface area (TPSA) is 94.2 Å². The zero-order valence-corrected chi connectivity index (χ0v) is 12.9. The molecule has 2 heterocycles. The highest BCUT2D eigenvalue weighted by molar-refractivity contribution is 6.32. The highest BCUT2D eigenvalue weighted by atomic mass is 35.5. The van der Waals surface area contributed by atoms with Crippen LogP contribution in [0.5, 0.6) is 11.5 Å². The first-order chi connectivity index (χ1) is 11.0. The molecule has 1 N–H and O–H groups in total. The summed E-state index contributed by atoms with van der Waals surface area (Å²) >= 11 is 6.00. The molecule has 0 spiro atoms. The Morgan fingerprint density at radius 3 is 2.87 bits per heavy atom. The van der Waals surface area contributed by atoms with Crippen molar-refractivity contribution < 1.29 is 28.6 Å². The number of ether oxygens (including phenoxy) is 3. The molecule has 1 atom stereocenters. The van der Waals surface area contributed by atoms with Crippen molar-refractivity contribution in [3.05, 3.63) is 22.7 Å². The predicted octanol–water partition coefficient (Wildman–Crippen LogP) is 1.17. The van der Waals surface area contributed by atoms with E-state index in [0.29, 0.717) is 18.0 Å². The Morgan fingerprint density at radius 2 is 2.17 bits per heavy atom. The molecule has 122 valence electrons. The lowest BCUT2D eigenvalue weighted by Crippen LogP contribution is -2.41. The van der Waals surface area contributed by atoms with Crippen molar-refractivity contribution in [3.8, 4) is 11.5 Å². The molecule has 0 aromatic heterocycles. The number of carbonyl (C=O) groups is 3. The van der Waals surface area contributed by atoms with Crippen molar-refractivity contribution in [1.29, 1.82) is 0 Å². The van der Waals surface area contributed by atoms with Crippen LogP contribution in [0.25, 0.3) is 0 Å². The maximum atomic E-state index is 12.2. The van der Waals surface area contributed by atoms with E-state index in [9.17, 15) is 14.4 Å². The number of amides is 3. The third-order valence-electron chi connectivity index (χ3n) is 3.42. The first kappa shape index (κ1) is 15.4. The molecule has 0 aliphatic carbocycles. The number of rotatable bonds is 3. The van der Waals surface area contributed by atoms with Gasteiger partial charge in [-0.25, -0.2) is 9.59 Å². The van der Waals surface area contributed by atoms with Gasteiger partial charge < -0.3 is 19.5 Å². The van der Waals surface area contributed by atoms with Gasteiger partial charge in [0.05, 0.1) is 10.6 Å². The molecule has 0 unspecified atom stereocenters. The Balaban J connectivity index is 1.70. The molecule has 3 rings (SSSR count). The molecule has 0 bridgehead atoms. The molecule has 0 saturated carbocycles. The van der Waals surface area contributed by atoms with Gasteiger partial charge in [0.25, 0.3) is 5.91 Å². The third-order valence-corrected chi connectivity index (χ3v) is 3.70. The first-order valence-electron chi connectivity index (χ1n) is 6.86. The van der Waals surface area contributed by atoms with E-state index >= 15 is 0 Å². The highest BCUT2D eigenvalue weighted by Gasteiger charge is 2.32. The third kappa shape index (κ3) is 2.89. The average molecular weight is 341 g/mol. The van der Waals surface area contributed by atoms with Crippen LogP contribution in [-0.2, 0) is 9.53 Å². The lowest BCUT2D eigenvalue weighted by molar-refractivity contribution is -0.136. The average Bonchev–Trinajstić information content (AvgIpc) is 3.15. The minimum absolute atomic E-state index is 0.0204. The Kier molecular flexibility index (Phi) is 3.99. The Morgan fingerprint density at radius 1 is 1.39 bits per heavy atom. The SMILES string of the molecule is C[C@H](OC(=O)c1cc(Cl)c2c(c1)OCO2)C(=O)N1CCNC1=O. The molecule has 1 saturated heterocycles. The number of imide groups is 1. The number of benzene rings is 1. The number of halogens is 1. The second-order valence-electron chi connectivity index (χ2n) is 4.96. The van der Waals surface area contributed by atoms with Gasteiger partial charge >= 0.3 is 12.0 Å². The van der Waals surface area contributed by atoms with Gasteiger partial charge in [-0.05, 0) is 19.1 Å². The van der Waals surface area contributed by atoms with Crippen molar-refractivity contribution in [2.24, 2.45) is 0 Å². The van der Waals surface area contributed by atoms with E-state index in [2.05, 4.69) is 5.32 Å². The zero-order chi connectivity index (χ0) is 16.6. The van der Waals surface area contributed by atoms with E-state index in [1.54, 1.807) is 0 Å². The van der Waals surface area contributed by atoms with E-state index in [4.69, 9.17) is 25.8 Å². The fourth-order valence-electron chi connectivity index (χ4n) is 2.27. The van der Waals surface area contributed by atoms with Gasteiger partial charge in [-0.15, -0.1) is 0 Å². The Bertz CT molecular complexity index is 692. The largest absolute Gasteiger partial charge is 0.454 e. The smallest absolute Gasteiger partial charge is 0.339 e. The Hall–Kier alpha value is -2.48. The molecule has 2 aliphatic rings. The number of hydrogen-bond donors (Lipinski definition) is 1. The van der Waals surface area contributed by atoms with Crippen LogP contribution in [0, 0.1) is 0 Å². The number of carbonyl (C=O) groups excluding carboxylic acids is 3. The predicted molar refractivity (Wildman–Crippen MR) is 77.6 cm³/mol. The lowest BCUT2D eigenvalue weighted by Gasteiger charge is -2.18. The summed E-state index contributed by atoms with van der Waals surface area (Å²) in [6.07, 6.45) is -1.10. The first-order valence-corrected chi connectivity index (χ1v) is 7.24. The summed E-state index contributed by atoms with van der Waals surface area (Å²) in [5.74, 6) is -0.630. The molecule has 3 amide bonds. The van der Waals surface area contributed by atoms with Gasteiger partial charge in [-0.3, -0.25) is 9.69 Å². The molecule has 9 heteroatoms. The van der Waals surface area contributed by atoms with Crippen LogP contribution in [0.3, 0.4) is 0 Å². The molecule has 1 aromatic rings. The summed E-state index contributed by atoms with van der Waals surface area (Å²) in [5, 5.41) is 2.72. The van der Waals surface area contributed by atoms with Gasteiger partial charge in [-0.2, -0.15) is 0 Å². The van der Waals surface area contributed by atoms with Gasteiger partial charge in [0.1, 0.15) is 0 Å². The van der Waals surface area contributed by atoms with E-state index in [1.165, 1.54) is 19.1 Å². The zero-order valence-electron chi connectivity index (χ0n) is 12.1. The van der Waals surface area contributed by atoms with Crippen molar-refractivity contribution in [2.45, 2.75) is 13.0 Å². The molecule has 23 heavy (non-hydrogen) atoms. The second kappa shape index (κ2) is 5.96. The minimum Gasteiger partial charge on any atom is -0.454 e. The molecular weight excluding hydrogens is 328 g/mol. The molecule has 8 nitrogen and oxygen atoms in total. The number of urea groups is 1. The summed E-state index contributed by atoms with van der Waals surface area (Å²) in [4.78, 5) is 36.7. The van der Waals surface area contributed by atoms with Crippen molar-refractivity contribution in [2.75, 3.05) is 19.9 Å². The maximum absolute atomic E-state index is 12.2. The summed E-state index contributed by atoms with van der Waals surface area (Å²) in [5.41, 5.74) is 0.129. The van der Waals surface area contributed by atoms with Crippen molar-refractivity contribution >= 4 is 29.5 Å². The lowest BCUT2D eigenvalue weighted by atomic mass is 10.2. The number of nitrogens with one attached hydrogen (secondary N) is 1. The molecule has 2 aliphatic heterocycles. The van der Waals surface area contributed by atoms with Gasteiger partial charge in [0.2, 0.25) is 6.79 Å². The number of hydrogen-bond acceptors (Lipinski definition) is 6. The van der Waals surface area contributed by atoms with Crippen LogP contribution < -0.4 is 14.8 Å². The highest BCUT2D eigenvalue weighted by Crippen LogP contribution is 2.39. The number of nitrogens with zero attached hydrogens (tertiary/aromatic N) is 1. The Labute approximate surface area is 136 Å². The van der Waals surface area contributed by atoms with Gasteiger partial charge in [0.15, 0.2) is 17.6 Å². The minimum atomic E-state index is -1.10. The van der Waals surface area contributed by atoms with E-state index in [0.717, 1.165) is 4.90 Å². The summed E-state index contributed by atoms with van der Waals surface area (Å²) in [6.45, 7) is 2.05. The standard InChI is InChI=1S/C14H13ClN2O6/c1-7(12(18)17-3-2-16-14(17)20)23-13(19)8-4-9(15)11-10(5-8)21-6-22-11/h4-5,7H,2-3,6H2,1H3,(H,16,20)/t7-/m0/s1. The van der Waals surface area contributed by atoms with Crippen LogP contribution in [0.15, 0.2) is 12.1 Å². The fourth-order valence-corrected chi connectivity index (χ4v) is 2.53. The molecular formula is C14H13ClN2O6.